The van der Waals surface area contributed by atoms with Crippen LogP contribution in [-0.4, -0.2) is 29.4 Å². The molecule has 0 aliphatic rings. The summed E-state index contributed by atoms with van der Waals surface area (Å²) < 4.78 is 11.5. The Bertz CT molecular complexity index is 383. The summed E-state index contributed by atoms with van der Waals surface area (Å²) in [4.78, 5) is 14.3. The van der Waals surface area contributed by atoms with E-state index in [2.05, 4.69) is 4.98 Å². The molecule has 0 bridgehead atoms. The maximum atomic E-state index is 11.5. The molecule has 0 spiro atoms. The minimum Gasteiger partial charge on any atom is -0.477 e. The fourth-order valence-corrected chi connectivity index (χ4v) is 1.64. The third-order valence-corrected chi connectivity index (χ3v) is 2.86. The molecule has 1 aromatic heterocycles. The molecule has 0 saturated heterocycles. The van der Waals surface area contributed by atoms with E-state index < -0.39 is 13.1 Å². The first-order chi connectivity index (χ1) is 5.91. The second-order valence-electron chi connectivity index (χ2n) is 3.04. The van der Waals surface area contributed by atoms with Gasteiger partial charge in [-0.05, 0) is 25.5 Å². The summed E-state index contributed by atoms with van der Waals surface area (Å²) >= 11 is 0. The Morgan fingerprint density at radius 3 is 2.54 bits per heavy atom. The molecule has 0 amide bonds. The van der Waals surface area contributed by atoms with Crippen LogP contribution in [0, 0.1) is 0 Å². The average molecular weight is 199 g/mol. The van der Waals surface area contributed by atoms with Crippen LogP contribution < -0.4 is 5.44 Å². The van der Waals surface area contributed by atoms with Crippen LogP contribution in [0.2, 0.25) is 0 Å². The van der Waals surface area contributed by atoms with Crippen molar-refractivity contribution in [3.05, 3.63) is 23.9 Å². The fourth-order valence-electron chi connectivity index (χ4n) is 0.842. The molecule has 0 aliphatic heterocycles. The fraction of sp³-hybridized carbons (Fsp3) is 0.250. The zero-order chi connectivity index (χ0) is 10.1. The monoisotopic (exact) mass is 199 g/mol. The van der Waals surface area contributed by atoms with E-state index in [1.54, 1.807) is 25.5 Å². The predicted octanol–water partition coefficient (Wildman–Crippen LogP) is 1.03. The first kappa shape index (κ1) is 9.93. The Morgan fingerprint density at radius 1 is 1.46 bits per heavy atom. The number of carbonyl (C=O) groups is 1. The van der Waals surface area contributed by atoms with Crippen LogP contribution in [0.15, 0.2) is 18.2 Å². The minimum atomic E-state index is -2.46. The van der Waals surface area contributed by atoms with Crippen molar-refractivity contribution in [2.75, 3.05) is 13.3 Å². The first-order valence-electron chi connectivity index (χ1n) is 3.67. The second-order valence-corrected chi connectivity index (χ2v) is 6.20. The van der Waals surface area contributed by atoms with Gasteiger partial charge < -0.3 is 9.67 Å². The van der Waals surface area contributed by atoms with E-state index in [0.717, 1.165) is 0 Å². The van der Waals surface area contributed by atoms with E-state index in [4.69, 9.17) is 5.11 Å². The molecule has 13 heavy (non-hydrogen) atoms. The lowest BCUT2D eigenvalue weighted by atomic mass is 10.4. The number of nitrogens with zero attached hydrogens (tertiary/aromatic N) is 1. The quantitative estimate of drug-likeness (QED) is 0.722. The first-order valence-corrected chi connectivity index (χ1v) is 6.27. The maximum absolute atomic E-state index is 11.5. The third kappa shape index (κ3) is 2.39. The van der Waals surface area contributed by atoms with Crippen molar-refractivity contribution in [1.29, 1.82) is 0 Å². The molecule has 70 valence electrons. The molecule has 1 heterocycles. The summed E-state index contributed by atoms with van der Waals surface area (Å²) in [5, 5.41) is 8.62. The molecule has 0 radical (unpaired) electrons. The summed E-state index contributed by atoms with van der Waals surface area (Å²) in [5.74, 6) is -1.10. The van der Waals surface area contributed by atoms with Gasteiger partial charge in [0.1, 0.15) is 18.3 Å². The summed E-state index contributed by atoms with van der Waals surface area (Å²) in [6.45, 7) is 3.11. The number of hydrogen-bond donors (Lipinski definition) is 1. The molecule has 0 saturated carbocycles. The second kappa shape index (κ2) is 3.30. The Morgan fingerprint density at radius 2 is 2.08 bits per heavy atom. The Hall–Kier alpha value is -1.15. The van der Waals surface area contributed by atoms with Crippen LogP contribution >= 0.6 is 7.14 Å². The SMILES string of the molecule is CP(C)(=O)c1cccc(C(=O)O)n1. The molecule has 0 aromatic carbocycles. The summed E-state index contributed by atoms with van der Waals surface area (Å²) in [6.07, 6.45) is 0. The molecule has 1 N–H and O–H groups in total. The van der Waals surface area contributed by atoms with Crippen LogP contribution in [-0.2, 0) is 4.57 Å². The molecule has 0 atom stereocenters. The van der Waals surface area contributed by atoms with Crippen LogP contribution in [0.1, 0.15) is 10.5 Å². The number of aromatic carboxylic acids is 1. The van der Waals surface area contributed by atoms with Gasteiger partial charge in [0, 0.05) is 0 Å². The van der Waals surface area contributed by atoms with E-state index in [-0.39, 0.29) is 5.69 Å². The highest BCUT2D eigenvalue weighted by atomic mass is 31.2. The zero-order valence-electron chi connectivity index (χ0n) is 7.39. The van der Waals surface area contributed by atoms with Crippen molar-refractivity contribution in [1.82, 2.24) is 4.98 Å². The number of pyridine rings is 1. The maximum Gasteiger partial charge on any atom is 0.354 e. The Kier molecular flexibility index (Phi) is 2.52. The van der Waals surface area contributed by atoms with E-state index in [9.17, 15) is 9.36 Å². The lowest BCUT2D eigenvalue weighted by molar-refractivity contribution is 0.0691. The Balaban J connectivity index is 3.21. The van der Waals surface area contributed by atoms with Gasteiger partial charge in [-0.2, -0.15) is 0 Å². The number of hydrogen-bond acceptors (Lipinski definition) is 3. The summed E-state index contributed by atoms with van der Waals surface area (Å²) in [7, 11) is -2.46. The number of rotatable bonds is 2. The van der Waals surface area contributed by atoms with Crippen molar-refractivity contribution >= 4 is 18.5 Å². The summed E-state index contributed by atoms with van der Waals surface area (Å²) in [6, 6.07) is 4.50. The smallest absolute Gasteiger partial charge is 0.354 e. The molecular formula is C8H10NO3P. The molecule has 0 unspecified atom stereocenters. The lowest BCUT2D eigenvalue weighted by Crippen LogP contribution is -2.13. The predicted molar refractivity (Wildman–Crippen MR) is 50.3 cm³/mol. The molecule has 1 aromatic rings. The van der Waals surface area contributed by atoms with Crippen LogP contribution in [0.3, 0.4) is 0 Å². The van der Waals surface area contributed by atoms with Crippen LogP contribution in [0.4, 0.5) is 0 Å². The van der Waals surface area contributed by atoms with Crippen LogP contribution in [0.25, 0.3) is 0 Å². The van der Waals surface area contributed by atoms with Gasteiger partial charge in [0.2, 0.25) is 0 Å². The molecule has 1 rings (SSSR count). The van der Waals surface area contributed by atoms with Gasteiger partial charge in [-0.15, -0.1) is 0 Å². The molecule has 4 nitrogen and oxygen atoms in total. The van der Waals surface area contributed by atoms with Gasteiger partial charge in [0.15, 0.2) is 0 Å². The van der Waals surface area contributed by atoms with E-state index in [1.165, 1.54) is 6.07 Å². The van der Waals surface area contributed by atoms with E-state index >= 15 is 0 Å². The Labute approximate surface area is 76.0 Å². The van der Waals surface area contributed by atoms with Gasteiger partial charge >= 0.3 is 5.97 Å². The van der Waals surface area contributed by atoms with Crippen molar-refractivity contribution in [3.63, 3.8) is 0 Å². The highest BCUT2D eigenvalue weighted by molar-refractivity contribution is 7.69. The molecular weight excluding hydrogens is 189 g/mol. The third-order valence-electron chi connectivity index (χ3n) is 1.51. The van der Waals surface area contributed by atoms with Crippen molar-refractivity contribution < 1.29 is 14.5 Å². The van der Waals surface area contributed by atoms with Gasteiger partial charge in [-0.25, -0.2) is 9.78 Å². The van der Waals surface area contributed by atoms with Gasteiger partial charge in [-0.1, -0.05) is 6.07 Å². The van der Waals surface area contributed by atoms with Crippen LogP contribution in [0.5, 0.6) is 0 Å². The van der Waals surface area contributed by atoms with Crippen molar-refractivity contribution in [2.45, 2.75) is 0 Å². The number of carboxylic acids is 1. The van der Waals surface area contributed by atoms with Crippen molar-refractivity contribution in [3.8, 4) is 0 Å². The standard InChI is InChI=1S/C8H10NO3P/c1-13(2,12)7-5-3-4-6(9-7)8(10)11/h3-5H,1-2H3,(H,10,11). The normalized spacial score (nSPS) is 11.2. The lowest BCUT2D eigenvalue weighted by Gasteiger charge is -2.05. The van der Waals surface area contributed by atoms with Gasteiger partial charge in [-0.3, -0.25) is 0 Å². The van der Waals surface area contributed by atoms with Gasteiger partial charge in [0.05, 0.1) is 0 Å². The van der Waals surface area contributed by atoms with E-state index in [1.807, 2.05) is 0 Å². The topological polar surface area (TPSA) is 67.3 Å². The number of carboxylic acid groups (broad SMARTS) is 1. The average Bonchev–Trinajstić information content (AvgIpc) is 2.03. The van der Waals surface area contributed by atoms with Gasteiger partial charge in [0.25, 0.3) is 0 Å². The molecule has 5 heteroatoms. The van der Waals surface area contributed by atoms with Crippen molar-refractivity contribution in [2.24, 2.45) is 0 Å². The largest absolute Gasteiger partial charge is 0.477 e. The molecule has 0 aliphatic carbocycles. The zero-order valence-corrected chi connectivity index (χ0v) is 8.28. The summed E-state index contributed by atoms with van der Waals surface area (Å²) in [5.41, 5.74) is 0.286. The van der Waals surface area contributed by atoms with E-state index in [0.29, 0.717) is 5.44 Å². The molecule has 0 fully saturated rings. The minimum absolute atomic E-state index is 0.0681. The highest BCUT2D eigenvalue weighted by Gasteiger charge is 2.14. The number of aromatic nitrogens is 1. The highest BCUT2D eigenvalue weighted by Crippen LogP contribution is 2.33.